The monoisotopic (exact) mass is 392 g/mol. The second-order valence-corrected chi connectivity index (χ2v) is 6.48. The van der Waals surface area contributed by atoms with Gasteiger partial charge < -0.3 is 16.2 Å². The molecule has 148 valence electrons. The van der Waals surface area contributed by atoms with Crippen LogP contribution in [0.4, 0.5) is 19.1 Å². The Labute approximate surface area is 158 Å². The molecule has 4 N–H and O–H groups in total. The van der Waals surface area contributed by atoms with Crippen molar-refractivity contribution in [3.8, 4) is 0 Å². The highest BCUT2D eigenvalue weighted by Gasteiger charge is 2.32. The molecule has 0 saturated heterocycles. The zero-order valence-corrected chi connectivity index (χ0v) is 15.1. The van der Waals surface area contributed by atoms with Crippen molar-refractivity contribution in [1.82, 2.24) is 14.9 Å². The summed E-state index contributed by atoms with van der Waals surface area (Å²) in [6.45, 7) is 3.45. The molecule has 1 aliphatic carbocycles. The maximum atomic E-state index is 13.3. The number of anilines is 1. The van der Waals surface area contributed by atoms with Crippen molar-refractivity contribution in [2.75, 3.05) is 5.73 Å². The highest BCUT2D eigenvalue weighted by atomic mass is 19.4. The Bertz CT molecular complexity index is 1080. The Kier molecular flexibility index (Phi) is 4.93. The number of benzene rings is 1. The number of fused-ring (bicyclic) bond motifs is 1. The summed E-state index contributed by atoms with van der Waals surface area (Å²) in [7, 11) is 1.35. The van der Waals surface area contributed by atoms with Crippen LogP contribution in [-0.4, -0.2) is 14.7 Å². The SMILES string of the molecule is C=C(O)C1=CCCC=C1NCc1cc(C(F)(F)F)cc2c(=O)n(C)c(N)nc12. The molecule has 9 heteroatoms. The molecule has 0 radical (unpaired) electrons. The molecule has 1 heterocycles. The smallest absolute Gasteiger partial charge is 0.416 e. The third-order valence-electron chi connectivity index (χ3n) is 4.56. The van der Waals surface area contributed by atoms with E-state index >= 15 is 0 Å². The van der Waals surface area contributed by atoms with Crippen molar-refractivity contribution >= 4 is 16.9 Å². The van der Waals surface area contributed by atoms with Crippen LogP contribution in [-0.2, 0) is 19.8 Å². The van der Waals surface area contributed by atoms with Gasteiger partial charge in [0.2, 0.25) is 5.95 Å². The van der Waals surface area contributed by atoms with E-state index in [2.05, 4.69) is 16.9 Å². The van der Waals surface area contributed by atoms with Gasteiger partial charge in [-0.3, -0.25) is 9.36 Å². The van der Waals surface area contributed by atoms with E-state index in [0.29, 0.717) is 17.7 Å². The minimum absolute atomic E-state index is 0.0452. The van der Waals surface area contributed by atoms with Gasteiger partial charge >= 0.3 is 6.18 Å². The van der Waals surface area contributed by atoms with E-state index in [4.69, 9.17) is 5.73 Å². The molecule has 6 nitrogen and oxygen atoms in total. The Morgan fingerprint density at radius 2 is 2.04 bits per heavy atom. The molecule has 0 bridgehead atoms. The summed E-state index contributed by atoms with van der Waals surface area (Å²) in [6, 6.07) is 1.73. The van der Waals surface area contributed by atoms with Gasteiger partial charge in [-0.05, 0) is 30.5 Å². The fourth-order valence-electron chi connectivity index (χ4n) is 3.07. The predicted molar refractivity (Wildman–Crippen MR) is 100 cm³/mol. The van der Waals surface area contributed by atoms with Crippen LogP contribution in [0.25, 0.3) is 10.9 Å². The summed E-state index contributed by atoms with van der Waals surface area (Å²) in [5.74, 6) is -0.233. The number of aliphatic hydroxyl groups is 1. The van der Waals surface area contributed by atoms with Crippen LogP contribution in [0.3, 0.4) is 0 Å². The Morgan fingerprint density at radius 3 is 2.68 bits per heavy atom. The number of halogens is 3. The van der Waals surface area contributed by atoms with Crippen LogP contribution in [0, 0.1) is 0 Å². The number of hydrogen-bond donors (Lipinski definition) is 3. The first-order chi connectivity index (χ1) is 13.1. The normalized spacial score (nSPS) is 14.6. The summed E-state index contributed by atoms with van der Waals surface area (Å²) in [4.78, 5) is 16.5. The van der Waals surface area contributed by atoms with Crippen molar-refractivity contribution in [2.45, 2.75) is 25.6 Å². The standard InChI is InChI=1S/C19H19F3N4O2/c1-10(27)13-5-3-4-6-15(13)24-9-11-7-12(19(20,21)22)8-14-16(11)25-18(23)26(2)17(14)28/h5-8,24,27H,1,3-4,9H2,2H3,(H2,23,25). The molecule has 0 atom stereocenters. The van der Waals surface area contributed by atoms with Crippen LogP contribution >= 0.6 is 0 Å². The maximum absolute atomic E-state index is 13.3. The third kappa shape index (κ3) is 3.60. The molecular formula is C19H19F3N4O2. The van der Waals surface area contributed by atoms with Gasteiger partial charge in [0.05, 0.1) is 16.5 Å². The Morgan fingerprint density at radius 1 is 1.36 bits per heavy atom. The number of alkyl halides is 3. The second-order valence-electron chi connectivity index (χ2n) is 6.48. The van der Waals surface area contributed by atoms with Crippen molar-refractivity contribution in [2.24, 2.45) is 7.05 Å². The number of nitrogen functional groups attached to an aromatic ring is 1. The van der Waals surface area contributed by atoms with Gasteiger partial charge in [-0.25, -0.2) is 4.98 Å². The number of rotatable bonds is 4. The van der Waals surface area contributed by atoms with Crippen molar-refractivity contribution < 1.29 is 18.3 Å². The fourth-order valence-corrected chi connectivity index (χ4v) is 3.07. The van der Waals surface area contributed by atoms with Crippen LogP contribution < -0.4 is 16.6 Å². The number of nitrogens with zero attached hydrogens (tertiary/aromatic N) is 2. The van der Waals surface area contributed by atoms with Crippen molar-refractivity contribution in [3.05, 3.63) is 69.4 Å². The van der Waals surface area contributed by atoms with Crippen LogP contribution in [0.2, 0.25) is 0 Å². The number of aromatic nitrogens is 2. The Hall–Kier alpha value is -3.23. The Balaban J connectivity index is 2.09. The molecular weight excluding hydrogens is 373 g/mol. The lowest BCUT2D eigenvalue weighted by molar-refractivity contribution is -0.137. The van der Waals surface area contributed by atoms with Crippen LogP contribution in [0.15, 0.2) is 52.7 Å². The summed E-state index contributed by atoms with van der Waals surface area (Å²) < 4.78 is 41.0. The molecule has 0 aliphatic heterocycles. The minimum atomic E-state index is -4.62. The maximum Gasteiger partial charge on any atom is 0.416 e. The molecule has 28 heavy (non-hydrogen) atoms. The molecule has 0 saturated carbocycles. The van der Waals surface area contributed by atoms with Gasteiger partial charge in [0.1, 0.15) is 5.76 Å². The lowest BCUT2D eigenvalue weighted by atomic mass is 10.0. The van der Waals surface area contributed by atoms with E-state index in [1.807, 2.05) is 6.08 Å². The zero-order valence-electron chi connectivity index (χ0n) is 15.1. The van der Waals surface area contributed by atoms with E-state index in [1.165, 1.54) is 7.05 Å². The minimum Gasteiger partial charge on any atom is -0.508 e. The van der Waals surface area contributed by atoms with Crippen LogP contribution in [0.1, 0.15) is 24.0 Å². The summed E-state index contributed by atoms with van der Waals surface area (Å²) in [5.41, 5.74) is 5.44. The van der Waals surface area contributed by atoms with Crippen molar-refractivity contribution in [1.29, 1.82) is 0 Å². The average molecular weight is 392 g/mol. The first-order valence-electron chi connectivity index (χ1n) is 8.48. The second kappa shape index (κ2) is 7.06. The van der Waals surface area contributed by atoms with E-state index < -0.39 is 17.3 Å². The van der Waals surface area contributed by atoms with Gasteiger partial charge in [-0.15, -0.1) is 0 Å². The first-order valence-corrected chi connectivity index (χ1v) is 8.48. The topological polar surface area (TPSA) is 93.2 Å². The third-order valence-corrected chi connectivity index (χ3v) is 4.56. The lowest BCUT2D eigenvalue weighted by Gasteiger charge is -2.19. The number of aliphatic hydroxyl groups excluding tert-OH is 1. The molecule has 0 unspecified atom stereocenters. The number of nitrogens with one attached hydrogen (secondary N) is 1. The predicted octanol–water partition coefficient (Wildman–Crippen LogP) is 3.30. The van der Waals surface area contributed by atoms with Gasteiger partial charge in [0.15, 0.2) is 0 Å². The largest absolute Gasteiger partial charge is 0.508 e. The molecule has 3 rings (SSSR count). The molecule has 0 spiro atoms. The van der Waals surface area contributed by atoms with Gasteiger partial charge in [0, 0.05) is 24.9 Å². The van der Waals surface area contributed by atoms with E-state index in [1.54, 1.807) is 6.08 Å². The van der Waals surface area contributed by atoms with Crippen LogP contribution in [0.5, 0.6) is 0 Å². The molecule has 0 fully saturated rings. The van der Waals surface area contributed by atoms with E-state index in [0.717, 1.165) is 23.1 Å². The highest BCUT2D eigenvalue weighted by Crippen LogP contribution is 2.32. The first kappa shape index (κ1) is 19.5. The highest BCUT2D eigenvalue weighted by molar-refractivity contribution is 5.83. The molecule has 1 aliphatic rings. The van der Waals surface area contributed by atoms with Gasteiger partial charge in [0.25, 0.3) is 5.56 Å². The molecule has 0 amide bonds. The number of nitrogens with two attached hydrogens (primary N) is 1. The number of allylic oxidation sites excluding steroid dienone is 2. The summed E-state index contributed by atoms with van der Waals surface area (Å²) in [6.07, 6.45) is 0.438. The molecule has 1 aromatic heterocycles. The van der Waals surface area contributed by atoms with E-state index in [9.17, 15) is 23.1 Å². The van der Waals surface area contributed by atoms with Gasteiger partial charge in [-0.1, -0.05) is 18.7 Å². The van der Waals surface area contributed by atoms with Crippen molar-refractivity contribution in [3.63, 3.8) is 0 Å². The molecule has 1 aromatic carbocycles. The zero-order chi connectivity index (χ0) is 20.6. The van der Waals surface area contributed by atoms with E-state index in [-0.39, 0.29) is 34.7 Å². The summed E-state index contributed by atoms with van der Waals surface area (Å²) in [5, 5.41) is 12.6. The average Bonchev–Trinajstić information content (AvgIpc) is 2.63. The summed E-state index contributed by atoms with van der Waals surface area (Å²) >= 11 is 0. The molecule has 2 aromatic rings. The number of hydrogen-bond acceptors (Lipinski definition) is 5. The lowest BCUT2D eigenvalue weighted by Crippen LogP contribution is -2.24. The fraction of sp³-hybridized carbons (Fsp3) is 0.263. The quantitative estimate of drug-likeness (QED) is 0.695. The van der Waals surface area contributed by atoms with Gasteiger partial charge in [-0.2, -0.15) is 13.2 Å².